The molecule has 0 unspecified atom stereocenters. The van der Waals surface area contributed by atoms with Gasteiger partial charge in [-0.05, 0) is 42.2 Å². The van der Waals surface area contributed by atoms with Gasteiger partial charge in [-0.2, -0.15) is 13.2 Å². The zero-order chi connectivity index (χ0) is 22.7. The van der Waals surface area contributed by atoms with Gasteiger partial charge in [0.2, 0.25) is 5.56 Å². The number of rotatable bonds is 2. The van der Waals surface area contributed by atoms with Gasteiger partial charge in [-0.25, -0.2) is 4.39 Å². The van der Waals surface area contributed by atoms with Crippen molar-refractivity contribution in [3.63, 3.8) is 0 Å². The van der Waals surface area contributed by atoms with Crippen LogP contribution in [0, 0.1) is 5.82 Å². The van der Waals surface area contributed by atoms with Crippen molar-refractivity contribution in [2.75, 3.05) is 5.32 Å². The normalized spacial score (nSPS) is 23.6. The lowest BCUT2D eigenvalue weighted by Crippen LogP contribution is -2.55. The second kappa shape index (κ2) is 7.13. The molecule has 31 heavy (non-hydrogen) atoms. The van der Waals surface area contributed by atoms with Gasteiger partial charge in [-0.3, -0.25) is 4.79 Å². The predicted molar refractivity (Wildman–Crippen MR) is 108 cm³/mol. The minimum Gasteiger partial charge on any atom is -0.506 e. The maximum atomic E-state index is 14.2. The van der Waals surface area contributed by atoms with Crippen LogP contribution in [0.1, 0.15) is 36.4 Å². The lowest BCUT2D eigenvalue weighted by Gasteiger charge is -2.45. The molecule has 0 spiro atoms. The van der Waals surface area contributed by atoms with Gasteiger partial charge >= 0.3 is 6.18 Å². The van der Waals surface area contributed by atoms with Crippen LogP contribution in [0.4, 0.5) is 23.2 Å². The summed E-state index contributed by atoms with van der Waals surface area (Å²) in [6.07, 6.45) is -5.75. The molecule has 164 valence electrons. The summed E-state index contributed by atoms with van der Waals surface area (Å²) in [5, 5.41) is 24.0. The van der Waals surface area contributed by atoms with Crippen molar-refractivity contribution >= 4 is 28.2 Å². The van der Waals surface area contributed by atoms with E-state index in [-0.39, 0.29) is 38.5 Å². The maximum absolute atomic E-state index is 14.2. The first-order valence-electron chi connectivity index (χ1n) is 9.32. The number of aromatic nitrogens is 1. The first kappa shape index (κ1) is 21.5. The van der Waals surface area contributed by atoms with E-state index in [0.29, 0.717) is 0 Å². The number of fused-ring (bicyclic) bond motifs is 2. The van der Waals surface area contributed by atoms with Crippen molar-refractivity contribution in [1.29, 1.82) is 0 Å². The highest BCUT2D eigenvalue weighted by Gasteiger charge is 2.62. The Kier molecular flexibility index (Phi) is 4.94. The minimum atomic E-state index is -5.02. The Labute approximate surface area is 178 Å². The van der Waals surface area contributed by atoms with Gasteiger partial charge in [-0.15, -0.1) is 0 Å². The molecule has 0 fully saturated rings. The first-order chi connectivity index (χ1) is 14.4. The SMILES string of the molecule is C[C@@H]1C[C@](O)(C(F)(F)F)[C@@H](Nc2ccc(F)c3[nH]c(=O)ccc23)c2ccc(Cl)c(O)c21. The van der Waals surface area contributed by atoms with Gasteiger partial charge < -0.3 is 20.5 Å². The zero-order valence-electron chi connectivity index (χ0n) is 16.0. The Hall–Kier alpha value is -2.78. The summed E-state index contributed by atoms with van der Waals surface area (Å²) in [5.74, 6) is -1.96. The van der Waals surface area contributed by atoms with Crippen molar-refractivity contribution in [3.05, 3.63) is 68.7 Å². The summed E-state index contributed by atoms with van der Waals surface area (Å²) in [7, 11) is 0. The van der Waals surface area contributed by atoms with E-state index < -0.39 is 41.5 Å². The fraction of sp³-hybridized carbons (Fsp3) is 0.286. The van der Waals surface area contributed by atoms with E-state index >= 15 is 0 Å². The Morgan fingerprint density at radius 2 is 1.90 bits per heavy atom. The molecule has 2 aromatic carbocycles. The van der Waals surface area contributed by atoms with Crippen LogP contribution in [0.3, 0.4) is 0 Å². The Balaban J connectivity index is 1.94. The monoisotopic (exact) mass is 456 g/mol. The minimum absolute atomic E-state index is 0.0161. The number of aliphatic hydroxyl groups is 1. The fourth-order valence-corrected chi connectivity index (χ4v) is 4.45. The van der Waals surface area contributed by atoms with Crippen LogP contribution in [0.15, 0.2) is 41.2 Å². The van der Waals surface area contributed by atoms with Crippen LogP contribution in [-0.4, -0.2) is 27.0 Å². The van der Waals surface area contributed by atoms with E-state index in [4.69, 9.17) is 11.6 Å². The molecule has 0 bridgehead atoms. The van der Waals surface area contributed by atoms with Crippen LogP contribution in [0.5, 0.6) is 5.75 Å². The summed E-state index contributed by atoms with van der Waals surface area (Å²) < 4.78 is 56.4. The largest absolute Gasteiger partial charge is 0.506 e. The number of alkyl halides is 3. The molecule has 1 aliphatic rings. The van der Waals surface area contributed by atoms with E-state index in [1.165, 1.54) is 31.2 Å². The highest BCUT2D eigenvalue weighted by Crippen LogP contribution is 2.55. The van der Waals surface area contributed by atoms with E-state index in [2.05, 4.69) is 10.3 Å². The number of benzene rings is 2. The summed E-state index contributed by atoms with van der Waals surface area (Å²) in [6, 6.07) is 5.44. The average molecular weight is 457 g/mol. The molecule has 0 saturated heterocycles. The molecular weight excluding hydrogens is 440 g/mol. The van der Waals surface area contributed by atoms with E-state index in [0.717, 1.165) is 12.1 Å². The first-order valence-corrected chi connectivity index (χ1v) is 9.70. The number of hydrogen-bond donors (Lipinski definition) is 4. The number of aromatic hydroxyl groups is 1. The molecule has 0 amide bonds. The third kappa shape index (κ3) is 3.32. The number of phenolic OH excluding ortho intramolecular Hbond substituents is 1. The molecule has 0 radical (unpaired) electrons. The van der Waals surface area contributed by atoms with Crippen LogP contribution in [-0.2, 0) is 0 Å². The highest BCUT2D eigenvalue weighted by molar-refractivity contribution is 6.32. The molecule has 5 nitrogen and oxygen atoms in total. The Morgan fingerprint density at radius 1 is 1.19 bits per heavy atom. The second-order valence-corrected chi connectivity index (χ2v) is 8.12. The summed E-state index contributed by atoms with van der Waals surface area (Å²) in [5.41, 5.74) is -3.68. The Bertz CT molecular complexity index is 1240. The van der Waals surface area contributed by atoms with E-state index in [1.807, 2.05) is 0 Å². The highest BCUT2D eigenvalue weighted by atomic mass is 35.5. The van der Waals surface area contributed by atoms with E-state index in [9.17, 15) is 32.6 Å². The number of pyridine rings is 1. The standard InChI is InChI=1S/C21H17ClF4N2O3/c1-9-8-20(31,21(24,25)26)19(11-2-4-12(22)18(30)16(9)11)27-14-6-5-13(23)17-10(14)3-7-15(29)28-17/h2-7,9,19,27,30-31H,8H2,1H3,(H,28,29)/t9-,19+,20-/m1/s1. The molecule has 3 atom stereocenters. The van der Waals surface area contributed by atoms with Crippen molar-refractivity contribution in [1.82, 2.24) is 4.98 Å². The van der Waals surface area contributed by atoms with Crippen molar-refractivity contribution < 1.29 is 27.8 Å². The number of hydrogen-bond acceptors (Lipinski definition) is 4. The smallest absolute Gasteiger partial charge is 0.419 e. The maximum Gasteiger partial charge on any atom is 0.419 e. The second-order valence-electron chi connectivity index (χ2n) is 7.71. The van der Waals surface area contributed by atoms with Gasteiger partial charge in [0.05, 0.1) is 16.6 Å². The third-order valence-corrected chi connectivity index (χ3v) is 6.04. The van der Waals surface area contributed by atoms with Crippen molar-refractivity contribution in [3.8, 4) is 5.75 Å². The fourth-order valence-electron chi connectivity index (χ4n) is 4.29. The zero-order valence-corrected chi connectivity index (χ0v) is 16.8. The van der Waals surface area contributed by atoms with Gasteiger partial charge in [0, 0.05) is 22.7 Å². The molecule has 1 heterocycles. The van der Waals surface area contributed by atoms with E-state index in [1.54, 1.807) is 0 Å². The number of aromatic amines is 1. The quantitative estimate of drug-likeness (QED) is 0.410. The lowest BCUT2D eigenvalue weighted by atomic mass is 9.70. The molecule has 1 aliphatic carbocycles. The average Bonchev–Trinajstić information content (AvgIpc) is 2.68. The number of phenols is 1. The van der Waals surface area contributed by atoms with Gasteiger partial charge in [0.1, 0.15) is 11.6 Å². The van der Waals surface area contributed by atoms with Crippen molar-refractivity contribution in [2.45, 2.75) is 37.1 Å². The van der Waals surface area contributed by atoms with Gasteiger partial charge in [-0.1, -0.05) is 24.6 Å². The summed E-state index contributed by atoms with van der Waals surface area (Å²) >= 11 is 5.96. The molecule has 1 aromatic heterocycles. The van der Waals surface area contributed by atoms with Crippen LogP contribution >= 0.6 is 11.6 Å². The van der Waals surface area contributed by atoms with Crippen LogP contribution in [0.25, 0.3) is 10.9 Å². The number of anilines is 1. The molecule has 4 N–H and O–H groups in total. The molecule has 3 aromatic rings. The summed E-state index contributed by atoms with van der Waals surface area (Å²) in [6.45, 7) is 1.46. The molecule has 10 heteroatoms. The van der Waals surface area contributed by atoms with Gasteiger partial charge in [0.15, 0.2) is 5.60 Å². The third-order valence-electron chi connectivity index (χ3n) is 5.74. The topological polar surface area (TPSA) is 85.4 Å². The number of nitrogens with one attached hydrogen (secondary N) is 2. The molecular formula is C21H17ClF4N2O3. The molecule has 0 saturated carbocycles. The van der Waals surface area contributed by atoms with Crippen molar-refractivity contribution in [2.24, 2.45) is 0 Å². The summed E-state index contributed by atoms with van der Waals surface area (Å²) in [4.78, 5) is 13.9. The number of halogens is 5. The molecule has 4 rings (SSSR count). The predicted octanol–water partition coefficient (Wildman–Crippen LogP) is 4.98. The van der Waals surface area contributed by atoms with Crippen LogP contribution < -0.4 is 10.9 Å². The Morgan fingerprint density at radius 3 is 2.58 bits per heavy atom. The van der Waals surface area contributed by atoms with Crippen LogP contribution in [0.2, 0.25) is 5.02 Å². The van der Waals surface area contributed by atoms with Gasteiger partial charge in [0.25, 0.3) is 0 Å². The number of H-pyrrole nitrogens is 1. The molecule has 0 aliphatic heterocycles. The lowest BCUT2D eigenvalue weighted by molar-refractivity contribution is -0.272.